The van der Waals surface area contributed by atoms with Gasteiger partial charge >= 0.3 is 5.97 Å². The molecule has 3 rings (SSSR count). The second kappa shape index (κ2) is 5.98. The number of carboxylic acids is 1. The molecule has 1 N–H and O–H groups in total. The molecule has 0 aliphatic heterocycles. The van der Waals surface area contributed by atoms with Crippen LogP contribution in [-0.4, -0.2) is 20.8 Å². The van der Waals surface area contributed by atoms with Gasteiger partial charge in [-0.1, -0.05) is 6.07 Å². The number of hydrogen-bond donors (Lipinski definition) is 1. The minimum absolute atomic E-state index is 0.479. The first-order chi connectivity index (χ1) is 10.6. The number of benzene rings is 1. The highest BCUT2D eigenvalue weighted by atomic mass is 32.2. The zero-order chi connectivity index (χ0) is 15.6. The summed E-state index contributed by atoms with van der Waals surface area (Å²) < 4.78 is -0.684. The minimum Gasteiger partial charge on any atom is -0.480 e. The van der Waals surface area contributed by atoms with E-state index in [-0.39, 0.29) is 0 Å². The van der Waals surface area contributed by atoms with Crippen LogP contribution >= 0.6 is 11.8 Å². The second-order valence-electron chi connectivity index (χ2n) is 5.57. The van der Waals surface area contributed by atoms with Crippen LogP contribution in [0.15, 0.2) is 35.4 Å². The first-order valence-corrected chi connectivity index (χ1v) is 8.13. The minimum atomic E-state index is -0.727. The molecule has 1 aromatic heterocycles. The van der Waals surface area contributed by atoms with E-state index in [0.717, 1.165) is 27.8 Å². The average molecular weight is 312 g/mol. The van der Waals surface area contributed by atoms with E-state index in [1.165, 1.54) is 11.8 Å². The predicted molar refractivity (Wildman–Crippen MR) is 85.8 cm³/mol. The summed E-state index contributed by atoms with van der Waals surface area (Å²) in [5, 5.41) is 19.2. The van der Waals surface area contributed by atoms with Crippen LogP contribution in [0.4, 0.5) is 0 Å². The van der Waals surface area contributed by atoms with Crippen molar-refractivity contribution in [1.82, 2.24) is 4.98 Å². The Kier molecular flexibility index (Phi) is 4.04. The fourth-order valence-corrected chi connectivity index (χ4v) is 4.08. The molecule has 4 nitrogen and oxygen atoms in total. The van der Waals surface area contributed by atoms with E-state index in [4.69, 9.17) is 5.26 Å². The van der Waals surface area contributed by atoms with Gasteiger partial charge in [-0.3, -0.25) is 9.78 Å². The molecule has 0 saturated heterocycles. The van der Waals surface area contributed by atoms with Gasteiger partial charge in [0.2, 0.25) is 0 Å². The molecule has 0 amide bonds. The summed E-state index contributed by atoms with van der Waals surface area (Å²) in [5.74, 6) is -0.727. The molecule has 0 bridgehead atoms. The van der Waals surface area contributed by atoms with Crippen molar-refractivity contribution in [3.05, 3.63) is 36.0 Å². The van der Waals surface area contributed by atoms with E-state index < -0.39 is 10.7 Å². The van der Waals surface area contributed by atoms with Crippen LogP contribution in [0.2, 0.25) is 0 Å². The van der Waals surface area contributed by atoms with E-state index >= 15 is 0 Å². The number of nitriles is 1. The number of aryl methyl sites for hydroxylation is 1. The molecule has 1 aliphatic rings. The maximum atomic E-state index is 11.6. The molecule has 1 fully saturated rings. The Morgan fingerprint density at radius 3 is 2.86 bits per heavy atom. The van der Waals surface area contributed by atoms with Gasteiger partial charge in [-0.25, -0.2) is 0 Å². The Morgan fingerprint density at radius 1 is 1.41 bits per heavy atom. The fourth-order valence-electron chi connectivity index (χ4n) is 2.68. The molecule has 0 radical (unpaired) electrons. The van der Waals surface area contributed by atoms with Crippen LogP contribution in [0.5, 0.6) is 0 Å². The summed E-state index contributed by atoms with van der Waals surface area (Å²) in [7, 11) is 0. The van der Waals surface area contributed by atoms with E-state index in [1.54, 1.807) is 6.20 Å². The first kappa shape index (κ1) is 14.9. The maximum absolute atomic E-state index is 11.6. The van der Waals surface area contributed by atoms with Gasteiger partial charge < -0.3 is 5.11 Å². The summed E-state index contributed by atoms with van der Waals surface area (Å²) in [6.45, 7) is 0. The molecule has 1 heterocycles. The van der Waals surface area contributed by atoms with E-state index in [1.807, 2.05) is 24.3 Å². The van der Waals surface area contributed by atoms with Crippen LogP contribution in [0, 0.1) is 11.3 Å². The highest BCUT2D eigenvalue weighted by Crippen LogP contribution is 2.49. The third-order valence-corrected chi connectivity index (χ3v) is 5.70. The lowest BCUT2D eigenvalue weighted by Gasteiger charge is -2.37. The number of rotatable bonds is 5. The zero-order valence-corrected chi connectivity index (χ0v) is 12.9. The zero-order valence-electron chi connectivity index (χ0n) is 12.1. The maximum Gasteiger partial charge on any atom is 0.320 e. The highest BCUT2D eigenvalue weighted by Gasteiger charge is 2.45. The molecule has 5 heteroatoms. The number of aliphatic carboxylic acids is 1. The number of fused-ring (bicyclic) bond motifs is 1. The molecule has 0 atom stereocenters. The largest absolute Gasteiger partial charge is 0.480 e. The molecule has 22 heavy (non-hydrogen) atoms. The number of aromatic nitrogens is 1. The van der Waals surface area contributed by atoms with Gasteiger partial charge in [0.15, 0.2) is 0 Å². The lowest BCUT2D eigenvalue weighted by molar-refractivity contribution is -0.142. The Morgan fingerprint density at radius 2 is 2.23 bits per heavy atom. The molecule has 0 spiro atoms. The topological polar surface area (TPSA) is 74.0 Å². The molecule has 2 aromatic rings. The number of carboxylic acid groups (broad SMARTS) is 1. The van der Waals surface area contributed by atoms with Crippen LogP contribution in [0.3, 0.4) is 0 Å². The standard InChI is InChI=1S/C17H16N2O2S/c18-9-1-3-12-4-5-14-13(11-12)15(6-10-19-14)22-17(16(20)21)7-2-8-17/h4-6,10-11H,1-3,7-8H2,(H,20,21). The van der Waals surface area contributed by atoms with E-state index in [0.29, 0.717) is 25.7 Å². The molecular formula is C17H16N2O2S. The molecular weight excluding hydrogens is 296 g/mol. The predicted octanol–water partition coefficient (Wildman–Crippen LogP) is 3.79. The van der Waals surface area contributed by atoms with Crippen LogP contribution in [0.1, 0.15) is 31.2 Å². The van der Waals surface area contributed by atoms with Crippen molar-refractivity contribution in [2.45, 2.75) is 41.7 Å². The number of pyridine rings is 1. The van der Waals surface area contributed by atoms with Crippen LogP contribution in [-0.2, 0) is 11.2 Å². The van der Waals surface area contributed by atoms with E-state index in [9.17, 15) is 9.90 Å². The average Bonchev–Trinajstić information content (AvgIpc) is 2.48. The van der Waals surface area contributed by atoms with Crippen molar-refractivity contribution in [3.8, 4) is 6.07 Å². The van der Waals surface area contributed by atoms with Gasteiger partial charge in [0.1, 0.15) is 4.75 Å². The summed E-state index contributed by atoms with van der Waals surface area (Å²) in [5.41, 5.74) is 1.95. The fraction of sp³-hybridized carbons (Fsp3) is 0.353. The van der Waals surface area contributed by atoms with Gasteiger partial charge in [-0.05, 0) is 49.4 Å². The third-order valence-electron chi connectivity index (χ3n) is 4.15. The Bertz CT molecular complexity index is 763. The van der Waals surface area contributed by atoms with Crippen molar-refractivity contribution < 1.29 is 9.90 Å². The molecule has 112 valence electrons. The summed E-state index contributed by atoms with van der Waals surface area (Å²) >= 11 is 1.44. The quantitative estimate of drug-likeness (QED) is 0.909. The Hall–Kier alpha value is -2.06. The second-order valence-corrected chi connectivity index (χ2v) is 7.00. The number of hydrogen-bond acceptors (Lipinski definition) is 4. The van der Waals surface area contributed by atoms with Crippen LogP contribution < -0.4 is 0 Å². The van der Waals surface area contributed by atoms with Crippen molar-refractivity contribution in [3.63, 3.8) is 0 Å². The first-order valence-electron chi connectivity index (χ1n) is 7.32. The monoisotopic (exact) mass is 312 g/mol. The number of nitrogens with zero attached hydrogens (tertiary/aromatic N) is 2. The van der Waals surface area contributed by atoms with Crippen molar-refractivity contribution in [2.24, 2.45) is 0 Å². The Balaban J connectivity index is 1.98. The van der Waals surface area contributed by atoms with Crippen molar-refractivity contribution in [1.29, 1.82) is 5.26 Å². The van der Waals surface area contributed by atoms with Gasteiger partial charge in [0.05, 0.1) is 11.6 Å². The SMILES string of the molecule is N#CCCc1ccc2nccc(SC3(C(=O)O)CCC3)c2c1. The molecule has 1 saturated carbocycles. The van der Waals surface area contributed by atoms with E-state index in [2.05, 4.69) is 11.1 Å². The van der Waals surface area contributed by atoms with Crippen molar-refractivity contribution in [2.75, 3.05) is 0 Å². The van der Waals surface area contributed by atoms with Crippen molar-refractivity contribution >= 4 is 28.6 Å². The van der Waals surface area contributed by atoms with Gasteiger partial charge in [-0.2, -0.15) is 5.26 Å². The number of thioether (sulfide) groups is 1. The summed E-state index contributed by atoms with van der Waals surface area (Å²) in [4.78, 5) is 16.9. The van der Waals surface area contributed by atoms with Gasteiger partial charge in [-0.15, -0.1) is 11.8 Å². The third kappa shape index (κ3) is 2.67. The normalized spacial score (nSPS) is 16.0. The summed E-state index contributed by atoms with van der Waals surface area (Å²) in [6.07, 6.45) is 5.31. The smallest absolute Gasteiger partial charge is 0.320 e. The Labute approximate surface area is 133 Å². The molecule has 1 aliphatic carbocycles. The van der Waals surface area contributed by atoms with Crippen LogP contribution in [0.25, 0.3) is 10.9 Å². The lowest BCUT2D eigenvalue weighted by atomic mass is 9.84. The molecule has 0 unspecified atom stereocenters. The highest BCUT2D eigenvalue weighted by molar-refractivity contribution is 8.01. The molecule has 1 aromatic carbocycles. The summed E-state index contributed by atoms with van der Waals surface area (Å²) in [6, 6.07) is 10.0. The lowest BCUT2D eigenvalue weighted by Crippen LogP contribution is -2.41. The van der Waals surface area contributed by atoms with Gasteiger partial charge in [0, 0.05) is 22.9 Å². The van der Waals surface area contributed by atoms with Gasteiger partial charge in [0.25, 0.3) is 0 Å². The number of carbonyl (C=O) groups is 1.